The van der Waals surface area contributed by atoms with Crippen LogP contribution in [0.1, 0.15) is 60.8 Å². The molecule has 0 saturated carbocycles. The lowest BCUT2D eigenvalue weighted by molar-refractivity contribution is -0.113. The molecule has 0 aliphatic heterocycles. The van der Waals surface area contributed by atoms with E-state index in [4.69, 9.17) is 4.74 Å². The first-order valence-corrected chi connectivity index (χ1v) is 15.3. The van der Waals surface area contributed by atoms with E-state index in [2.05, 4.69) is 44.5 Å². The summed E-state index contributed by atoms with van der Waals surface area (Å²) >= 11 is 4.57. The Labute approximate surface area is 228 Å². The SMILES string of the molecule is CCCn1c(SCC(=O)Nc2sc3c(c2C(=O)OC(C)C)CCCC3)nnc1-c1csc2ccccc12. The average Bonchev–Trinajstić information content (AvgIpc) is 3.57. The van der Waals surface area contributed by atoms with Gasteiger partial charge in [0.05, 0.1) is 17.4 Å². The lowest BCUT2D eigenvalue weighted by Crippen LogP contribution is -2.19. The number of aromatic nitrogens is 3. The van der Waals surface area contributed by atoms with Crippen molar-refractivity contribution < 1.29 is 14.3 Å². The van der Waals surface area contributed by atoms with Gasteiger partial charge in [0.25, 0.3) is 0 Å². The second kappa shape index (κ2) is 11.4. The Hall–Kier alpha value is -2.69. The van der Waals surface area contributed by atoms with Crippen LogP contribution in [0.4, 0.5) is 5.00 Å². The highest BCUT2D eigenvalue weighted by Gasteiger charge is 2.28. The summed E-state index contributed by atoms with van der Waals surface area (Å²) < 4.78 is 8.82. The molecule has 0 saturated heterocycles. The maximum atomic E-state index is 13.0. The van der Waals surface area contributed by atoms with Crippen molar-refractivity contribution in [3.63, 3.8) is 0 Å². The molecule has 5 rings (SSSR count). The minimum Gasteiger partial charge on any atom is -0.459 e. The average molecular weight is 555 g/mol. The van der Waals surface area contributed by atoms with Gasteiger partial charge in [-0.3, -0.25) is 4.79 Å². The first-order valence-electron chi connectivity index (χ1n) is 12.6. The quantitative estimate of drug-likeness (QED) is 0.181. The van der Waals surface area contributed by atoms with Crippen LogP contribution >= 0.6 is 34.4 Å². The van der Waals surface area contributed by atoms with Gasteiger partial charge in [0, 0.05) is 32.5 Å². The van der Waals surface area contributed by atoms with Crippen molar-refractivity contribution in [2.24, 2.45) is 0 Å². The van der Waals surface area contributed by atoms with Gasteiger partial charge in [0.2, 0.25) is 5.91 Å². The highest BCUT2D eigenvalue weighted by atomic mass is 32.2. The molecule has 3 heterocycles. The molecule has 37 heavy (non-hydrogen) atoms. The highest BCUT2D eigenvalue weighted by molar-refractivity contribution is 7.99. The number of hydrogen-bond donors (Lipinski definition) is 1. The Balaban J connectivity index is 1.34. The molecule has 0 fully saturated rings. The lowest BCUT2D eigenvalue weighted by atomic mass is 9.95. The first-order chi connectivity index (χ1) is 18.0. The number of fused-ring (bicyclic) bond motifs is 2. The number of aryl methyl sites for hydroxylation is 1. The van der Waals surface area contributed by atoms with E-state index in [-0.39, 0.29) is 23.7 Å². The number of thioether (sulfide) groups is 1. The van der Waals surface area contributed by atoms with Crippen LogP contribution in [0.15, 0.2) is 34.8 Å². The van der Waals surface area contributed by atoms with Crippen LogP contribution in [0, 0.1) is 0 Å². The van der Waals surface area contributed by atoms with E-state index in [1.165, 1.54) is 32.7 Å². The third-order valence-corrected chi connectivity index (χ3v) is 9.33. The van der Waals surface area contributed by atoms with Gasteiger partial charge in [-0.05, 0) is 57.6 Å². The van der Waals surface area contributed by atoms with Gasteiger partial charge < -0.3 is 14.6 Å². The van der Waals surface area contributed by atoms with Gasteiger partial charge in [-0.1, -0.05) is 36.9 Å². The van der Waals surface area contributed by atoms with Crippen LogP contribution in [-0.2, 0) is 28.9 Å². The zero-order valence-corrected chi connectivity index (χ0v) is 23.7. The van der Waals surface area contributed by atoms with E-state index in [9.17, 15) is 9.59 Å². The molecule has 1 N–H and O–H groups in total. The van der Waals surface area contributed by atoms with Crippen LogP contribution in [0.2, 0.25) is 0 Å². The van der Waals surface area contributed by atoms with Gasteiger partial charge in [-0.2, -0.15) is 0 Å². The number of anilines is 1. The predicted molar refractivity (Wildman–Crippen MR) is 152 cm³/mol. The standard InChI is InChI=1S/C27H30N4O3S3/c1-4-13-31-24(19-14-35-20-11-7-5-9-17(19)20)29-30-27(31)36-15-22(32)28-25-23(26(33)34-16(2)3)18-10-6-8-12-21(18)37-25/h5,7,9,11,14,16H,4,6,8,10,12-13,15H2,1-3H3,(H,28,32). The molecular formula is C27H30N4O3S3. The van der Waals surface area contributed by atoms with E-state index in [0.29, 0.717) is 15.7 Å². The fourth-order valence-electron chi connectivity index (χ4n) is 4.61. The number of benzene rings is 1. The predicted octanol–water partition coefficient (Wildman–Crippen LogP) is 6.81. The van der Waals surface area contributed by atoms with Crippen molar-refractivity contribution in [1.82, 2.24) is 14.8 Å². The maximum Gasteiger partial charge on any atom is 0.341 e. The van der Waals surface area contributed by atoms with Crippen LogP contribution < -0.4 is 5.32 Å². The number of thiophene rings is 2. The van der Waals surface area contributed by atoms with Crippen LogP contribution in [0.25, 0.3) is 21.5 Å². The summed E-state index contributed by atoms with van der Waals surface area (Å²) in [4.78, 5) is 27.1. The summed E-state index contributed by atoms with van der Waals surface area (Å²) in [6.45, 7) is 6.56. The molecule has 0 atom stereocenters. The van der Waals surface area contributed by atoms with E-state index in [1.54, 1.807) is 11.3 Å². The first kappa shape index (κ1) is 25.9. The molecule has 10 heteroatoms. The Morgan fingerprint density at radius 2 is 2.00 bits per heavy atom. The summed E-state index contributed by atoms with van der Waals surface area (Å²) in [5.74, 6) is 0.475. The third-order valence-electron chi connectivity index (χ3n) is 6.19. The molecule has 3 aromatic heterocycles. The molecule has 4 aromatic rings. The zero-order valence-electron chi connectivity index (χ0n) is 21.2. The Bertz CT molecular complexity index is 1440. The molecule has 7 nitrogen and oxygen atoms in total. The number of amides is 1. The van der Waals surface area contributed by atoms with Crippen molar-refractivity contribution in [1.29, 1.82) is 0 Å². The summed E-state index contributed by atoms with van der Waals surface area (Å²) in [5, 5.41) is 16.5. The minimum atomic E-state index is -0.354. The molecule has 0 radical (unpaired) electrons. The fourth-order valence-corrected chi connectivity index (χ4v) is 7.60. The van der Waals surface area contributed by atoms with Crippen molar-refractivity contribution in [2.45, 2.75) is 70.7 Å². The zero-order chi connectivity index (χ0) is 25.9. The molecule has 1 aromatic carbocycles. The second-order valence-electron chi connectivity index (χ2n) is 9.31. The maximum absolute atomic E-state index is 13.0. The summed E-state index contributed by atoms with van der Waals surface area (Å²) in [6.07, 6.45) is 4.64. The Morgan fingerprint density at radius 1 is 1.19 bits per heavy atom. The van der Waals surface area contributed by atoms with Crippen molar-refractivity contribution in [3.8, 4) is 11.4 Å². The number of carbonyl (C=O) groups excluding carboxylic acids is 2. The number of hydrogen-bond acceptors (Lipinski definition) is 8. The number of nitrogens with one attached hydrogen (secondary N) is 1. The van der Waals surface area contributed by atoms with Crippen molar-refractivity contribution in [3.05, 3.63) is 45.6 Å². The number of esters is 1. The van der Waals surface area contributed by atoms with E-state index in [1.807, 2.05) is 26.0 Å². The third kappa shape index (κ3) is 5.46. The topological polar surface area (TPSA) is 86.1 Å². The van der Waals surface area contributed by atoms with Crippen LogP contribution in [0.3, 0.4) is 0 Å². The largest absolute Gasteiger partial charge is 0.459 e. The normalized spacial score (nSPS) is 13.2. The Kier molecular flexibility index (Phi) is 7.97. The van der Waals surface area contributed by atoms with Crippen LogP contribution in [0.5, 0.6) is 0 Å². The monoisotopic (exact) mass is 554 g/mol. The molecule has 0 unspecified atom stereocenters. The van der Waals surface area contributed by atoms with E-state index < -0.39 is 0 Å². The molecule has 1 aliphatic carbocycles. The second-order valence-corrected chi connectivity index (χ2v) is 12.3. The fraction of sp³-hybridized carbons (Fsp3) is 0.407. The molecule has 1 aliphatic rings. The van der Waals surface area contributed by atoms with Gasteiger partial charge in [0.15, 0.2) is 11.0 Å². The molecular weight excluding hydrogens is 525 g/mol. The molecule has 0 spiro atoms. The number of ether oxygens (including phenoxy) is 1. The van der Waals surface area contributed by atoms with E-state index >= 15 is 0 Å². The number of nitrogens with zero attached hydrogens (tertiary/aromatic N) is 3. The summed E-state index contributed by atoms with van der Waals surface area (Å²) in [6, 6.07) is 8.29. The van der Waals surface area contributed by atoms with Crippen molar-refractivity contribution >= 4 is 61.4 Å². The number of carbonyl (C=O) groups is 2. The van der Waals surface area contributed by atoms with E-state index in [0.717, 1.165) is 61.0 Å². The highest BCUT2D eigenvalue weighted by Crippen LogP contribution is 2.39. The molecule has 0 bridgehead atoms. The lowest BCUT2D eigenvalue weighted by Gasteiger charge is -2.14. The summed E-state index contributed by atoms with van der Waals surface area (Å²) in [7, 11) is 0. The van der Waals surface area contributed by atoms with Gasteiger partial charge in [-0.15, -0.1) is 32.9 Å². The smallest absolute Gasteiger partial charge is 0.341 e. The molecule has 194 valence electrons. The van der Waals surface area contributed by atoms with Gasteiger partial charge >= 0.3 is 5.97 Å². The van der Waals surface area contributed by atoms with Gasteiger partial charge in [-0.25, -0.2) is 4.79 Å². The Morgan fingerprint density at radius 3 is 2.81 bits per heavy atom. The number of rotatable bonds is 9. The van der Waals surface area contributed by atoms with Crippen LogP contribution in [-0.4, -0.2) is 38.5 Å². The minimum absolute atomic E-state index is 0.171. The summed E-state index contributed by atoms with van der Waals surface area (Å²) in [5.41, 5.74) is 2.64. The van der Waals surface area contributed by atoms with Gasteiger partial charge in [0.1, 0.15) is 5.00 Å². The molecule has 1 amide bonds. The van der Waals surface area contributed by atoms with Crippen molar-refractivity contribution in [2.75, 3.05) is 11.1 Å².